The summed E-state index contributed by atoms with van der Waals surface area (Å²) >= 11 is 0. The quantitative estimate of drug-likeness (QED) is 0.605. The second-order valence-corrected chi connectivity index (χ2v) is 4.69. The number of benzene rings is 1. The molecular formula is C13H16N2O6. The first kappa shape index (κ1) is 15.2. The van der Waals surface area contributed by atoms with E-state index in [0.29, 0.717) is 0 Å². The SMILES string of the molecule is CCOc1c(C(=O)N2C[C@@H](O)[C@@H](O)C2)cccc1[N+](=O)[O-]. The Kier molecular flexibility index (Phi) is 4.39. The third-order valence-corrected chi connectivity index (χ3v) is 3.26. The third-order valence-electron chi connectivity index (χ3n) is 3.26. The summed E-state index contributed by atoms with van der Waals surface area (Å²) in [5.41, 5.74) is -0.240. The highest BCUT2D eigenvalue weighted by atomic mass is 16.6. The van der Waals surface area contributed by atoms with E-state index >= 15 is 0 Å². The highest BCUT2D eigenvalue weighted by molar-refractivity contribution is 5.98. The molecule has 1 heterocycles. The Morgan fingerprint density at radius 1 is 1.43 bits per heavy atom. The fourth-order valence-corrected chi connectivity index (χ4v) is 2.24. The summed E-state index contributed by atoms with van der Waals surface area (Å²) < 4.78 is 5.25. The number of nitro benzene ring substituents is 1. The van der Waals surface area contributed by atoms with Crippen molar-refractivity contribution in [3.8, 4) is 5.75 Å². The van der Waals surface area contributed by atoms with E-state index in [1.807, 2.05) is 0 Å². The van der Waals surface area contributed by atoms with E-state index in [1.165, 1.54) is 23.1 Å². The second kappa shape index (κ2) is 6.06. The van der Waals surface area contributed by atoms with E-state index in [9.17, 15) is 25.1 Å². The molecule has 114 valence electrons. The largest absolute Gasteiger partial charge is 0.487 e. The normalized spacial score (nSPS) is 21.4. The van der Waals surface area contributed by atoms with Gasteiger partial charge in [-0.3, -0.25) is 14.9 Å². The number of nitrogens with zero attached hydrogens (tertiary/aromatic N) is 2. The zero-order valence-electron chi connectivity index (χ0n) is 11.4. The van der Waals surface area contributed by atoms with Gasteiger partial charge in [-0.25, -0.2) is 0 Å². The Morgan fingerprint density at radius 2 is 2.05 bits per heavy atom. The van der Waals surface area contributed by atoms with Crippen LogP contribution in [0.25, 0.3) is 0 Å². The van der Waals surface area contributed by atoms with Crippen molar-refractivity contribution in [3.63, 3.8) is 0 Å². The van der Waals surface area contributed by atoms with Gasteiger partial charge in [0.2, 0.25) is 5.75 Å². The summed E-state index contributed by atoms with van der Waals surface area (Å²) in [6, 6.07) is 4.09. The maximum absolute atomic E-state index is 12.4. The lowest BCUT2D eigenvalue weighted by Crippen LogP contribution is -2.30. The van der Waals surface area contributed by atoms with Gasteiger partial charge in [0.15, 0.2) is 0 Å². The van der Waals surface area contributed by atoms with Crippen molar-refractivity contribution in [2.45, 2.75) is 19.1 Å². The van der Waals surface area contributed by atoms with Gasteiger partial charge in [-0.05, 0) is 13.0 Å². The molecule has 2 atom stereocenters. The molecule has 1 aliphatic rings. The standard InChI is InChI=1S/C13H16N2O6/c1-2-21-12-8(4-3-5-9(12)15(19)20)13(18)14-6-10(16)11(17)7-14/h3-5,10-11,16-17H,2,6-7H2,1H3/t10-,11+. The number of likely N-dealkylation sites (tertiary alicyclic amines) is 1. The average molecular weight is 296 g/mol. The lowest BCUT2D eigenvalue weighted by Gasteiger charge is -2.17. The van der Waals surface area contributed by atoms with Crippen LogP contribution in [0.4, 0.5) is 5.69 Å². The first-order chi connectivity index (χ1) is 9.95. The van der Waals surface area contributed by atoms with Crippen molar-refractivity contribution < 1.29 is 24.7 Å². The van der Waals surface area contributed by atoms with Gasteiger partial charge < -0.3 is 19.8 Å². The van der Waals surface area contributed by atoms with Gasteiger partial charge in [0.25, 0.3) is 5.91 Å². The molecule has 0 aromatic heterocycles. The number of hydrogen-bond donors (Lipinski definition) is 2. The lowest BCUT2D eigenvalue weighted by atomic mass is 10.1. The van der Waals surface area contributed by atoms with Crippen molar-refractivity contribution in [3.05, 3.63) is 33.9 Å². The molecular weight excluding hydrogens is 280 g/mol. The number of β-amino-alcohol motifs (C(OH)–C–C–N with tert-alkyl or cyclic N) is 2. The van der Waals surface area contributed by atoms with Gasteiger partial charge in [-0.1, -0.05) is 6.07 Å². The number of ether oxygens (including phenoxy) is 1. The molecule has 8 nitrogen and oxygen atoms in total. The van der Waals surface area contributed by atoms with Crippen LogP contribution in [0.2, 0.25) is 0 Å². The molecule has 1 aromatic carbocycles. The molecule has 8 heteroatoms. The molecule has 2 rings (SSSR count). The predicted molar refractivity (Wildman–Crippen MR) is 72.2 cm³/mol. The monoisotopic (exact) mass is 296 g/mol. The Hall–Kier alpha value is -2.19. The summed E-state index contributed by atoms with van der Waals surface area (Å²) in [7, 11) is 0. The van der Waals surface area contributed by atoms with E-state index in [4.69, 9.17) is 4.74 Å². The molecule has 1 saturated heterocycles. The molecule has 0 radical (unpaired) electrons. The molecule has 21 heavy (non-hydrogen) atoms. The molecule has 0 unspecified atom stereocenters. The number of rotatable bonds is 4. The molecule has 1 amide bonds. The lowest BCUT2D eigenvalue weighted by molar-refractivity contribution is -0.385. The van der Waals surface area contributed by atoms with Crippen LogP contribution in [0.1, 0.15) is 17.3 Å². The minimum atomic E-state index is -1.01. The topological polar surface area (TPSA) is 113 Å². The fraction of sp³-hybridized carbons (Fsp3) is 0.462. The zero-order chi connectivity index (χ0) is 15.6. The smallest absolute Gasteiger partial charge is 0.311 e. The van der Waals surface area contributed by atoms with Crippen LogP contribution in [0.3, 0.4) is 0 Å². The predicted octanol–water partition coefficient (Wildman–Crippen LogP) is 0.171. The molecule has 1 fully saturated rings. The van der Waals surface area contributed by atoms with Crippen LogP contribution in [0.5, 0.6) is 5.75 Å². The summed E-state index contributed by atoms with van der Waals surface area (Å²) in [4.78, 5) is 24.1. The Labute approximate surface area is 120 Å². The first-order valence-corrected chi connectivity index (χ1v) is 6.51. The van der Waals surface area contributed by atoms with Gasteiger partial charge in [-0.2, -0.15) is 0 Å². The van der Waals surface area contributed by atoms with E-state index in [0.717, 1.165) is 0 Å². The van der Waals surface area contributed by atoms with Crippen molar-refractivity contribution in [1.29, 1.82) is 0 Å². The number of amides is 1. The molecule has 2 N–H and O–H groups in total. The molecule has 0 saturated carbocycles. The van der Waals surface area contributed by atoms with Crippen LogP contribution >= 0.6 is 0 Å². The molecule has 0 aliphatic carbocycles. The number of carbonyl (C=O) groups excluding carboxylic acids is 1. The second-order valence-electron chi connectivity index (χ2n) is 4.69. The Morgan fingerprint density at radius 3 is 2.57 bits per heavy atom. The van der Waals surface area contributed by atoms with Crippen LogP contribution in [0, 0.1) is 10.1 Å². The first-order valence-electron chi connectivity index (χ1n) is 6.51. The highest BCUT2D eigenvalue weighted by Gasteiger charge is 2.35. The van der Waals surface area contributed by atoms with E-state index in [-0.39, 0.29) is 36.7 Å². The van der Waals surface area contributed by atoms with Gasteiger partial charge >= 0.3 is 5.69 Å². The van der Waals surface area contributed by atoms with Crippen LogP contribution in [-0.2, 0) is 0 Å². The van der Waals surface area contributed by atoms with Crippen molar-refractivity contribution in [1.82, 2.24) is 4.90 Å². The number of hydrogen-bond acceptors (Lipinski definition) is 6. The van der Waals surface area contributed by atoms with Crippen LogP contribution in [-0.4, -0.2) is 57.8 Å². The van der Waals surface area contributed by atoms with Gasteiger partial charge in [0.05, 0.1) is 29.3 Å². The average Bonchev–Trinajstić information content (AvgIpc) is 2.78. The summed E-state index contributed by atoms with van der Waals surface area (Å²) in [5.74, 6) is -0.608. The third kappa shape index (κ3) is 2.96. The summed E-state index contributed by atoms with van der Waals surface area (Å²) in [6.07, 6.45) is -2.02. The van der Waals surface area contributed by atoms with E-state index in [2.05, 4.69) is 0 Å². The maximum Gasteiger partial charge on any atom is 0.311 e. The molecule has 1 aliphatic heterocycles. The van der Waals surface area contributed by atoms with Gasteiger partial charge in [-0.15, -0.1) is 0 Å². The number of aliphatic hydroxyl groups is 2. The van der Waals surface area contributed by atoms with E-state index < -0.39 is 23.0 Å². The number of carbonyl (C=O) groups is 1. The molecule has 0 bridgehead atoms. The van der Waals surface area contributed by atoms with Gasteiger partial charge in [0.1, 0.15) is 0 Å². The number of para-hydroxylation sites is 1. The van der Waals surface area contributed by atoms with Crippen molar-refractivity contribution >= 4 is 11.6 Å². The van der Waals surface area contributed by atoms with Crippen LogP contribution < -0.4 is 4.74 Å². The maximum atomic E-state index is 12.4. The fourth-order valence-electron chi connectivity index (χ4n) is 2.24. The highest BCUT2D eigenvalue weighted by Crippen LogP contribution is 2.32. The Balaban J connectivity index is 2.36. The minimum absolute atomic E-state index is 0.0196. The zero-order valence-corrected chi connectivity index (χ0v) is 11.4. The summed E-state index contributed by atoms with van der Waals surface area (Å²) in [5, 5.41) is 30.0. The number of nitro groups is 1. The van der Waals surface area contributed by atoms with Crippen LogP contribution in [0.15, 0.2) is 18.2 Å². The van der Waals surface area contributed by atoms with Gasteiger partial charge in [0, 0.05) is 19.2 Å². The van der Waals surface area contributed by atoms with Crippen molar-refractivity contribution in [2.75, 3.05) is 19.7 Å². The summed E-state index contributed by atoms with van der Waals surface area (Å²) in [6.45, 7) is 1.80. The molecule has 1 aromatic rings. The van der Waals surface area contributed by atoms with E-state index in [1.54, 1.807) is 6.92 Å². The van der Waals surface area contributed by atoms with Crippen molar-refractivity contribution in [2.24, 2.45) is 0 Å². The Bertz CT molecular complexity index is 552. The molecule has 0 spiro atoms. The number of aliphatic hydroxyl groups excluding tert-OH is 2. The minimum Gasteiger partial charge on any atom is -0.487 e.